The molecular weight excluding hydrogens is 386 g/mol. The van der Waals surface area contributed by atoms with Gasteiger partial charge in [-0.15, -0.1) is 0 Å². The standard InChI is InChI=1S/C26H33N3O2/c1-3-18(2)27-26(31)23-16-20(12-13-24(23)29-14-8-5-9-15-29)28-25(30)22-17-21(22)19-10-6-4-7-11-19/h4,6-7,10-13,16,18,21-22H,3,5,8-9,14-15,17H2,1-2H3,(H,27,31)(H,28,30)/t18-,21-,22+/m0/s1. The molecule has 0 aromatic heterocycles. The minimum absolute atomic E-state index is 0.00145. The van der Waals surface area contributed by atoms with Crippen molar-refractivity contribution in [3.8, 4) is 0 Å². The van der Waals surface area contributed by atoms with Crippen LogP contribution in [0.5, 0.6) is 0 Å². The van der Waals surface area contributed by atoms with Gasteiger partial charge >= 0.3 is 0 Å². The Labute approximate surface area is 185 Å². The van der Waals surface area contributed by atoms with Crippen molar-refractivity contribution in [3.05, 3.63) is 59.7 Å². The van der Waals surface area contributed by atoms with Crippen molar-refractivity contribution >= 4 is 23.2 Å². The van der Waals surface area contributed by atoms with Crippen LogP contribution in [-0.2, 0) is 4.79 Å². The van der Waals surface area contributed by atoms with E-state index in [1.165, 1.54) is 12.0 Å². The number of amides is 2. The first-order valence-corrected chi connectivity index (χ1v) is 11.6. The summed E-state index contributed by atoms with van der Waals surface area (Å²) in [5.74, 6) is 0.260. The average Bonchev–Trinajstić information content (AvgIpc) is 3.61. The zero-order chi connectivity index (χ0) is 21.8. The summed E-state index contributed by atoms with van der Waals surface area (Å²) in [7, 11) is 0. The van der Waals surface area contributed by atoms with Crippen molar-refractivity contribution < 1.29 is 9.59 Å². The smallest absolute Gasteiger partial charge is 0.253 e. The summed E-state index contributed by atoms with van der Waals surface area (Å²) in [6.07, 6.45) is 5.29. The fraction of sp³-hybridized carbons (Fsp3) is 0.462. The third-order valence-corrected chi connectivity index (χ3v) is 6.55. The molecule has 4 rings (SSSR count). The number of anilines is 2. The van der Waals surface area contributed by atoms with Crippen LogP contribution in [0.1, 0.15) is 67.8 Å². The molecule has 2 aliphatic rings. The van der Waals surface area contributed by atoms with E-state index in [2.05, 4.69) is 34.6 Å². The Bertz CT molecular complexity index is 922. The summed E-state index contributed by atoms with van der Waals surface area (Å²) in [4.78, 5) is 28.2. The van der Waals surface area contributed by atoms with Crippen molar-refractivity contribution in [2.24, 2.45) is 5.92 Å². The average molecular weight is 420 g/mol. The minimum Gasteiger partial charge on any atom is -0.371 e. The highest BCUT2D eigenvalue weighted by atomic mass is 16.2. The van der Waals surface area contributed by atoms with Gasteiger partial charge in [0.15, 0.2) is 0 Å². The third kappa shape index (κ3) is 5.09. The number of carbonyl (C=O) groups is 2. The minimum atomic E-state index is -0.0698. The maximum Gasteiger partial charge on any atom is 0.253 e. The molecular formula is C26H33N3O2. The molecule has 5 nitrogen and oxygen atoms in total. The van der Waals surface area contributed by atoms with Gasteiger partial charge in [0, 0.05) is 36.4 Å². The van der Waals surface area contributed by atoms with E-state index in [9.17, 15) is 9.59 Å². The van der Waals surface area contributed by atoms with Gasteiger partial charge in [0.25, 0.3) is 5.91 Å². The van der Waals surface area contributed by atoms with Crippen LogP contribution < -0.4 is 15.5 Å². The highest BCUT2D eigenvalue weighted by Crippen LogP contribution is 2.48. The lowest BCUT2D eigenvalue weighted by atomic mass is 10.0. The van der Waals surface area contributed by atoms with Crippen LogP contribution in [0, 0.1) is 5.92 Å². The van der Waals surface area contributed by atoms with Gasteiger partial charge in [-0.1, -0.05) is 37.3 Å². The zero-order valence-electron chi connectivity index (χ0n) is 18.6. The number of carbonyl (C=O) groups excluding carboxylic acids is 2. The van der Waals surface area contributed by atoms with Crippen LogP contribution in [0.25, 0.3) is 0 Å². The summed E-state index contributed by atoms with van der Waals surface area (Å²) >= 11 is 0. The highest BCUT2D eigenvalue weighted by molar-refractivity contribution is 6.02. The molecule has 1 aliphatic heterocycles. The molecule has 3 atom stereocenters. The summed E-state index contributed by atoms with van der Waals surface area (Å²) in [5, 5.41) is 6.15. The monoisotopic (exact) mass is 419 g/mol. The second-order valence-electron chi connectivity index (χ2n) is 8.91. The number of nitrogens with one attached hydrogen (secondary N) is 2. The van der Waals surface area contributed by atoms with Gasteiger partial charge in [-0.25, -0.2) is 0 Å². The Hall–Kier alpha value is -2.82. The third-order valence-electron chi connectivity index (χ3n) is 6.55. The van der Waals surface area contributed by atoms with E-state index in [4.69, 9.17) is 0 Å². The molecule has 0 unspecified atom stereocenters. The summed E-state index contributed by atoms with van der Waals surface area (Å²) in [5.41, 5.74) is 3.53. The molecule has 0 spiro atoms. The number of hydrogen-bond donors (Lipinski definition) is 2. The fourth-order valence-electron chi connectivity index (χ4n) is 4.40. The maximum atomic E-state index is 13.0. The number of rotatable bonds is 7. The molecule has 31 heavy (non-hydrogen) atoms. The van der Waals surface area contributed by atoms with Gasteiger partial charge in [0.05, 0.1) is 5.56 Å². The fourth-order valence-corrected chi connectivity index (χ4v) is 4.40. The lowest BCUT2D eigenvalue weighted by Gasteiger charge is -2.31. The number of hydrogen-bond acceptors (Lipinski definition) is 3. The van der Waals surface area contributed by atoms with Crippen LogP contribution in [0.2, 0.25) is 0 Å². The Balaban J connectivity index is 1.51. The van der Waals surface area contributed by atoms with Crippen LogP contribution in [-0.4, -0.2) is 30.9 Å². The molecule has 2 amide bonds. The van der Waals surface area contributed by atoms with Crippen molar-refractivity contribution in [1.82, 2.24) is 5.32 Å². The topological polar surface area (TPSA) is 61.4 Å². The van der Waals surface area contributed by atoms with Crippen molar-refractivity contribution in [3.63, 3.8) is 0 Å². The number of benzene rings is 2. The SMILES string of the molecule is CC[C@H](C)NC(=O)c1cc(NC(=O)[C@@H]2C[C@H]2c2ccccc2)ccc1N1CCCCC1. The lowest BCUT2D eigenvalue weighted by Crippen LogP contribution is -2.35. The van der Waals surface area contributed by atoms with Crippen molar-refractivity contribution in [2.45, 2.75) is 57.9 Å². The second kappa shape index (κ2) is 9.54. The molecule has 2 N–H and O–H groups in total. The predicted molar refractivity (Wildman–Crippen MR) is 126 cm³/mol. The first-order valence-electron chi connectivity index (χ1n) is 11.6. The molecule has 5 heteroatoms. The van der Waals surface area contributed by atoms with Gasteiger partial charge in [-0.3, -0.25) is 9.59 Å². The molecule has 2 aromatic carbocycles. The van der Waals surface area contributed by atoms with E-state index < -0.39 is 0 Å². The van der Waals surface area contributed by atoms with Crippen LogP contribution >= 0.6 is 0 Å². The van der Waals surface area contributed by atoms with Gasteiger partial charge in [-0.05, 0) is 68.7 Å². The summed E-state index contributed by atoms with van der Waals surface area (Å²) < 4.78 is 0. The summed E-state index contributed by atoms with van der Waals surface area (Å²) in [6, 6.07) is 16.1. The van der Waals surface area contributed by atoms with E-state index in [1.807, 2.05) is 43.3 Å². The zero-order valence-corrected chi connectivity index (χ0v) is 18.6. The first kappa shape index (κ1) is 21.4. The number of nitrogens with zero attached hydrogens (tertiary/aromatic N) is 1. The molecule has 2 fully saturated rings. The maximum absolute atomic E-state index is 13.0. The normalized spacial score (nSPS) is 21.3. The van der Waals surface area contributed by atoms with Crippen molar-refractivity contribution in [1.29, 1.82) is 0 Å². The van der Waals surface area contributed by atoms with Gasteiger partial charge < -0.3 is 15.5 Å². The Kier molecular flexibility index (Phi) is 6.59. The van der Waals surface area contributed by atoms with Gasteiger partial charge in [-0.2, -0.15) is 0 Å². The Morgan fingerprint density at radius 3 is 2.52 bits per heavy atom. The van der Waals surface area contributed by atoms with E-state index in [-0.39, 0.29) is 23.8 Å². The Morgan fingerprint density at radius 1 is 1.06 bits per heavy atom. The van der Waals surface area contributed by atoms with Gasteiger partial charge in [0.2, 0.25) is 5.91 Å². The van der Waals surface area contributed by atoms with Crippen molar-refractivity contribution in [2.75, 3.05) is 23.3 Å². The van der Waals surface area contributed by atoms with E-state index in [0.29, 0.717) is 17.2 Å². The van der Waals surface area contributed by atoms with Gasteiger partial charge in [0.1, 0.15) is 0 Å². The first-order chi connectivity index (χ1) is 15.1. The van der Waals surface area contributed by atoms with E-state index in [1.54, 1.807) is 0 Å². The summed E-state index contributed by atoms with van der Waals surface area (Å²) in [6.45, 7) is 6.01. The molecule has 0 radical (unpaired) electrons. The lowest BCUT2D eigenvalue weighted by molar-refractivity contribution is -0.117. The van der Waals surface area contributed by atoms with E-state index >= 15 is 0 Å². The molecule has 1 aliphatic carbocycles. The molecule has 1 heterocycles. The quantitative estimate of drug-likeness (QED) is 0.668. The highest BCUT2D eigenvalue weighted by Gasteiger charge is 2.43. The molecule has 164 valence electrons. The van der Waals surface area contributed by atoms with Crippen LogP contribution in [0.4, 0.5) is 11.4 Å². The molecule has 0 bridgehead atoms. The second-order valence-corrected chi connectivity index (χ2v) is 8.91. The molecule has 2 aromatic rings. The largest absolute Gasteiger partial charge is 0.371 e. The molecule has 1 saturated heterocycles. The Morgan fingerprint density at radius 2 is 1.81 bits per heavy atom. The predicted octanol–water partition coefficient (Wildman–Crippen LogP) is 4.95. The van der Waals surface area contributed by atoms with E-state index in [0.717, 1.165) is 44.5 Å². The van der Waals surface area contributed by atoms with Crippen LogP contribution in [0.15, 0.2) is 48.5 Å². The van der Waals surface area contributed by atoms with Crippen LogP contribution in [0.3, 0.4) is 0 Å². The number of piperidine rings is 1. The molecule has 1 saturated carbocycles.